The maximum absolute atomic E-state index is 12.3. The summed E-state index contributed by atoms with van der Waals surface area (Å²) in [5.74, 6) is -0.111. The minimum absolute atomic E-state index is 0.0482. The lowest BCUT2D eigenvalue weighted by Gasteiger charge is -2.11. The van der Waals surface area contributed by atoms with Crippen molar-refractivity contribution in [3.8, 4) is 6.07 Å². The van der Waals surface area contributed by atoms with Gasteiger partial charge < -0.3 is 10.2 Å². The van der Waals surface area contributed by atoms with E-state index in [2.05, 4.69) is 16.5 Å². The molecule has 1 aromatic heterocycles. The third kappa shape index (κ3) is 5.43. The molecule has 0 fully saturated rings. The van der Waals surface area contributed by atoms with Gasteiger partial charge in [0.2, 0.25) is 5.91 Å². The highest BCUT2D eigenvalue weighted by Gasteiger charge is 2.13. The van der Waals surface area contributed by atoms with E-state index in [4.69, 9.17) is 5.26 Å². The number of hydrogen-bond acceptors (Lipinski definition) is 4. The summed E-state index contributed by atoms with van der Waals surface area (Å²) < 4.78 is 1.83. The number of nitrogens with zero attached hydrogens (tertiary/aromatic N) is 4. The highest BCUT2D eigenvalue weighted by molar-refractivity contribution is 5.94. The summed E-state index contributed by atoms with van der Waals surface area (Å²) in [6, 6.07) is 9.40. The first-order chi connectivity index (χ1) is 13.3. The zero-order valence-corrected chi connectivity index (χ0v) is 17.0. The number of nitrogens with one attached hydrogen (secondary N) is 1. The van der Waals surface area contributed by atoms with Crippen LogP contribution >= 0.6 is 0 Å². The topological polar surface area (TPSA) is 91.0 Å². The average molecular weight is 381 g/mol. The number of rotatable bonds is 8. The molecule has 0 aliphatic carbocycles. The van der Waals surface area contributed by atoms with Crippen molar-refractivity contribution in [3.63, 3.8) is 0 Å². The third-order valence-corrected chi connectivity index (χ3v) is 4.64. The van der Waals surface area contributed by atoms with E-state index in [1.54, 1.807) is 26.2 Å². The Morgan fingerprint density at radius 2 is 2.04 bits per heavy atom. The van der Waals surface area contributed by atoms with Crippen molar-refractivity contribution in [1.29, 1.82) is 5.26 Å². The van der Waals surface area contributed by atoms with Crippen molar-refractivity contribution in [1.82, 2.24) is 20.0 Å². The molecule has 0 spiro atoms. The summed E-state index contributed by atoms with van der Waals surface area (Å²) in [5.41, 5.74) is 4.46. The van der Waals surface area contributed by atoms with Crippen LogP contribution in [-0.2, 0) is 24.3 Å². The Bertz CT molecular complexity index is 893. The number of carbonyl (C=O) groups is 2. The van der Waals surface area contributed by atoms with Crippen molar-refractivity contribution in [3.05, 3.63) is 52.3 Å². The Morgan fingerprint density at radius 3 is 2.71 bits per heavy atom. The van der Waals surface area contributed by atoms with Crippen molar-refractivity contribution in [2.75, 3.05) is 14.1 Å². The van der Waals surface area contributed by atoms with Crippen molar-refractivity contribution in [2.24, 2.45) is 0 Å². The van der Waals surface area contributed by atoms with Crippen molar-refractivity contribution in [2.45, 2.75) is 46.2 Å². The van der Waals surface area contributed by atoms with Gasteiger partial charge in [-0.3, -0.25) is 14.3 Å². The summed E-state index contributed by atoms with van der Waals surface area (Å²) in [7, 11) is 3.42. The van der Waals surface area contributed by atoms with E-state index in [0.717, 1.165) is 22.5 Å². The van der Waals surface area contributed by atoms with Crippen LogP contribution in [0.25, 0.3) is 0 Å². The molecule has 1 aromatic carbocycles. The molecule has 2 rings (SSSR count). The minimum Gasteiger partial charge on any atom is -0.352 e. The second-order valence-corrected chi connectivity index (χ2v) is 6.96. The minimum atomic E-state index is -0.0625. The molecule has 0 radical (unpaired) electrons. The van der Waals surface area contributed by atoms with Gasteiger partial charge in [-0.2, -0.15) is 10.4 Å². The first-order valence-corrected chi connectivity index (χ1v) is 9.30. The van der Waals surface area contributed by atoms with E-state index in [9.17, 15) is 9.59 Å². The predicted octanol–water partition coefficient (Wildman–Crippen LogP) is 2.36. The molecule has 148 valence electrons. The van der Waals surface area contributed by atoms with Gasteiger partial charge in [-0.25, -0.2) is 0 Å². The average Bonchev–Trinajstić information content (AvgIpc) is 2.95. The van der Waals surface area contributed by atoms with Gasteiger partial charge in [0.25, 0.3) is 5.91 Å². The molecule has 0 saturated carbocycles. The smallest absolute Gasteiger partial charge is 0.253 e. The van der Waals surface area contributed by atoms with Gasteiger partial charge in [0.15, 0.2) is 0 Å². The van der Waals surface area contributed by atoms with Crippen LogP contribution in [0.15, 0.2) is 24.3 Å². The van der Waals surface area contributed by atoms with Gasteiger partial charge in [-0.15, -0.1) is 0 Å². The Morgan fingerprint density at radius 1 is 1.29 bits per heavy atom. The summed E-state index contributed by atoms with van der Waals surface area (Å²) in [6.07, 6.45) is 1.38. The monoisotopic (exact) mass is 381 g/mol. The van der Waals surface area contributed by atoms with E-state index in [1.807, 2.05) is 30.7 Å². The van der Waals surface area contributed by atoms with Crippen LogP contribution in [0.2, 0.25) is 0 Å². The normalized spacial score (nSPS) is 10.4. The standard InChI is InChI=1S/C21H27N5O2/c1-15-19(16(2)26(24-15)12-6-11-22)9-10-20(27)23-14-17-7-5-8-18(13-17)21(28)25(3)4/h5,7-8,13H,6,9-10,12,14H2,1-4H3,(H,23,27). The SMILES string of the molecule is Cc1nn(CCC#N)c(C)c1CCC(=O)NCc1cccc(C(=O)N(C)C)c1. The van der Waals surface area contributed by atoms with Gasteiger partial charge in [0.05, 0.1) is 24.7 Å². The molecule has 0 aliphatic heterocycles. The lowest BCUT2D eigenvalue weighted by molar-refractivity contribution is -0.121. The van der Waals surface area contributed by atoms with E-state index in [1.165, 1.54) is 4.90 Å². The number of hydrogen-bond donors (Lipinski definition) is 1. The lowest BCUT2D eigenvalue weighted by atomic mass is 10.1. The largest absolute Gasteiger partial charge is 0.352 e. The molecular weight excluding hydrogens is 354 g/mol. The number of nitriles is 1. The van der Waals surface area contributed by atoms with Crippen LogP contribution in [0.5, 0.6) is 0 Å². The van der Waals surface area contributed by atoms with Gasteiger partial charge >= 0.3 is 0 Å². The Kier molecular flexibility index (Phi) is 7.33. The fourth-order valence-corrected chi connectivity index (χ4v) is 3.07. The fraction of sp³-hybridized carbons (Fsp3) is 0.429. The zero-order valence-electron chi connectivity index (χ0n) is 17.0. The number of aryl methyl sites for hydroxylation is 2. The van der Waals surface area contributed by atoms with Crippen LogP contribution in [0.1, 0.15) is 45.7 Å². The van der Waals surface area contributed by atoms with Gasteiger partial charge in [-0.1, -0.05) is 12.1 Å². The maximum atomic E-state index is 12.3. The van der Waals surface area contributed by atoms with E-state index in [-0.39, 0.29) is 11.8 Å². The van der Waals surface area contributed by atoms with E-state index >= 15 is 0 Å². The Hall–Kier alpha value is -3.14. The molecule has 0 bridgehead atoms. The van der Waals surface area contributed by atoms with Gasteiger partial charge in [0.1, 0.15) is 0 Å². The Balaban J connectivity index is 1.90. The van der Waals surface area contributed by atoms with Crippen molar-refractivity contribution < 1.29 is 9.59 Å². The van der Waals surface area contributed by atoms with Crippen molar-refractivity contribution >= 4 is 11.8 Å². The quantitative estimate of drug-likeness (QED) is 0.760. The molecule has 1 heterocycles. The molecule has 2 aromatic rings. The van der Waals surface area contributed by atoms with Crippen LogP contribution in [0, 0.1) is 25.2 Å². The molecule has 0 saturated heterocycles. The lowest BCUT2D eigenvalue weighted by Crippen LogP contribution is -2.24. The molecule has 0 atom stereocenters. The zero-order chi connectivity index (χ0) is 20.7. The summed E-state index contributed by atoms with van der Waals surface area (Å²) >= 11 is 0. The second kappa shape index (κ2) is 9.70. The summed E-state index contributed by atoms with van der Waals surface area (Å²) in [5, 5.41) is 16.1. The molecule has 0 aliphatic rings. The van der Waals surface area contributed by atoms with E-state index < -0.39 is 0 Å². The second-order valence-electron chi connectivity index (χ2n) is 6.96. The summed E-state index contributed by atoms with van der Waals surface area (Å²) in [6.45, 7) is 4.85. The first kappa shape index (κ1) is 21.2. The molecule has 2 amide bonds. The molecular formula is C21H27N5O2. The predicted molar refractivity (Wildman–Crippen MR) is 107 cm³/mol. The number of aromatic nitrogens is 2. The number of benzene rings is 1. The molecule has 7 nitrogen and oxygen atoms in total. The van der Waals surface area contributed by atoms with Crippen LogP contribution in [-0.4, -0.2) is 40.6 Å². The third-order valence-electron chi connectivity index (χ3n) is 4.64. The molecule has 1 N–H and O–H groups in total. The van der Waals surface area contributed by atoms with Crippen LogP contribution < -0.4 is 5.32 Å². The summed E-state index contributed by atoms with van der Waals surface area (Å²) in [4.78, 5) is 25.8. The van der Waals surface area contributed by atoms with Gasteiger partial charge in [0, 0.05) is 38.3 Å². The molecule has 0 unspecified atom stereocenters. The van der Waals surface area contributed by atoms with E-state index in [0.29, 0.717) is 37.9 Å². The number of amides is 2. The number of carbonyl (C=O) groups excluding carboxylic acids is 2. The highest BCUT2D eigenvalue weighted by Crippen LogP contribution is 2.15. The van der Waals surface area contributed by atoms with Crippen LogP contribution in [0.4, 0.5) is 0 Å². The maximum Gasteiger partial charge on any atom is 0.253 e. The highest BCUT2D eigenvalue weighted by atomic mass is 16.2. The first-order valence-electron chi connectivity index (χ1n) is 9.30. The Labute approximate surface area is 166 Å². The molecule has 7 heteroatoms. The van der Waals surface area contributed by atoms with Crippen LogP contribution in [0.3, 0.4) is 0 Å². The fourth-order valence-electron chi connectivity index (χ4n) is 3.07. The molecule has 28 heavy (non-hydrogen) atoms. The van der Waals surface area contributed by atoms with Gasteiger partial charge in [-0.05, 0) is 43.5 Å².